The van der Waals surface area contributed by atoms with Gasteiger partial charge in [-0.25, -0.2) is 4.79 Å². The Kier molecular flexibility index (Phi) is 8.77. The lowest BCUT2D eigenvalue weighted by Crippen LogP contribution is -2.37. The van der Waals surface area contributed by atoms with Crippen molar-refractivity contribution in [1.29, 1.82) is 0 Å². The fraction of sp³-hybridized carbons (Fsp3) is 0.367. The van der Waals surface area contributed by atoms with Crippen LogP contribution in [-0.2, 0) is 25.5 Å². The van der Waals surface area contributed by atoms with E-state index in [0.717, 1.165) is 43.2 Å². The van der Waals surface area contributed by atoms with E-state index in [1.165, 1.54) is 13.5 Å². The normalized spacial score (nSPS) is 17.3. The van der Waals surface area contributed by atoms with Crippen molar-refractivity contribution in [2.24, 2.45) is 0 Å². The molecular weight excluding hydrogens is 468 g/mol. The number of hydrogen-bond acceptors (Lipinski definition) is 5. The average Bonchev–Trinajstić information content (AvgIpc) is 3.17. The Morgan fingerprint density at radius 1 is 1.03 bits per heavy atom. The van der Waals surface area contributed by atoms with Crippen LogP contribution in [0.5, 0.6) is 5.75 Å². The highest BCUT2D eigenvalue weighted by Crippen LogP contribution is 2.37. The minimum absolute atomic E-state index is 0.0848. The number of carbonyl (C=O) groups is 3. The Balaban J connectivity index is 1.38. The molecule has 4 rings (SSSR count). The lowest BCUT2D eigenvalue weighted by Gasteiger charge is -2.32. The van der Waals surface area contributed by atoms with Crippen molar-refractivity contribution < 1.29 is 23.9 Å². The molecule has 2 aliphatic rings. The van der Waals surface area contributed by atoms with E-state index in [1.807, 2.05) is 37.3 Å². The van der Waals surface area contributed by atoms with Crippen LogP contribution in [0.15, 0.2) is 71.4 Å². The molecule has 0 bridgehead atoms. The van der Waals surface area contributed by atoms with Gasteiger partial charge in [0.15, 0.2) is 6.61 Å². The zero-order valence-corrected chi connectivity index (χ0v) is 21.5. The second-order valence-electron chi connectivity index (χ2n) is 9.42. The lowest BCUT2D eigenvalue weighted by molar-refractivity contribution is -0.136. The second-order valence-corrected chi connectivity index (χ2v) is 9.42. The van der Waals surface area contributed by atoms with E-state index in [0.29, 0.717) is 29.1 Å². The number of methoxy groups -OCH3 is 1. The molecule has 1 aliphatic carbocycles. The first kappa shape index (κ1) is 26.2. The number of carbonyl (C=O) groups excluding carboxylic acids is 3. The van der Waals surface area contributed by atoms with Gasteiger partial charge in [-0.15, -0.1) is 0 Å². The van der Waals surface area contributed by atoms with Crippen molar-refractivity contribution in [2.45, 2.75) is 51.5 Å². The van der Waals surface area contributed by atoms with Gasteiger partial charge in [-0.05, 0) is 55.5 Å². The molecule has 194 valence electrons. The maximum Gasteiger partial charge on any atom is 0.340 e. The summed E-state index contributed by atoms with van der Waals surface area (Å²) < 4.78 is 10.6. The van der Waals surface area contributed by atoms with Gasteiger partial charge in [0.05, 0.1) is 18.3 Å². The molecule has 0 atom stereocenters. The molecule has 1 aliphatic heterocycles. The van der Waals surface area contributed by atoms with Crippen LogP contribution in [0.2, 0.25) is 0 Å². The molecule has 2 amide bonds. The SMILES string of the molecule is COC(=O)C1=C(C)N(C2CCCCC2)C(=O)/C1=C\c1ccc(OCC(=O)NCCc2ccccc2)cc1. The molecule has 2 aromatic rings. The van der Waals surface area contributed by atoms with E-state index in [-0.39, 0.29) is 24.5 Å². The number of ether oxygens (including phenoxy) is 2. The third-order valence-corrected chi connectivity index (χ3v) is 6.91. The molecule has 1 heterocycles. The van der Waals surface area contributed by atoms with E-state index in [9.17, 15) is 14.4 Å². The van der Waals surface area contributed by atoms with Gasteiger partial charge in [-0.2, -0.15) is 0 Å². The van der Waals surface area contributed by atoms with Crippen LogP contribution in [0.1, 0.15) is 50.2 Å². The van der Waals surface area contributed by atoms with Gasteiger partial charge in [0.25, 0.3) is 11.8 Å². The van der Waals surface area contributed by atoms with Crippen LogP contribution in [0.3, 0.4) is 0 Å². The Morgan fingerprint density at radius 2 is 1.73 bits per heavy atom. The third kappa shape index (κ3) is 6.47. The molecule has 1 saturated carbocycles. The quantitative estimate of drug-likeness (QED) is 0.405. The van der Waals surface area contributed by atoms with Gasteiger partial charge < -0.3 is 19.7 Å². The van der Waals surface area contributed by atoms with Crippen molar-refractivity contribution >= 4 is 23.9 Å². The van der Waals surface area contributed by atoms with Crippen LogP contribution in [0.25, 0.3) is 6.08 Å². The van der Waals surface area contributed by atoms with E-state index >= 15 is 0 Å². The van der Waals surface area contributed by atoms with Crippen LogP contribution in [-0.4, -0.2) is 49.0 Å². The summed E-state index contributed by atoms with van der Waals surface area (Å²) in [5.41, 5.74) is 3.25. The summed E-state index contributed by atoms with van der Waals surface area (Å²) in [7, 11) is 1.33. The lowest BCUT2D eigenvalue weighted by atomic mass is 9.94. The van der Waals surface area contributed by atoms with Crippen molar-refractivity contribution in [3.8, 4) is 5.75 Å². The number of hydrogen-bond donors (Lipinski definition) is 1. The monoisotopic (exact) mass is 502 g/mol. The molecule has 0 saturated heterocycles. The maximum absolute atomic E-state index is 13.4. The van der Waals surface area contributed by atoms with E-state index in [4.69, 9.17) is 9.47 Å². The fourth-order valence-corrected chi connectivity index (χ4v) is 4.99. The van der Waals surface area contributed by atoms with Crippen molar-refractivity contribution in [2.75, 3.05) is 20.3 Å². The van der Waals surface area contributed by atoms with Gasteiger partial charge in [0.2, 0.25) is 0 Å². The highest BCUT2D eigenvalue weighted by Gasteiger charge is 2.40. The Hall–Kier alpha value is -3.87. The molecule has 1 fully saturated rings. The molecule has 0 radical (unpaired) electrons. The smallest absolute Gasteiger partial charge is 0.340 e. The number of esters is 1. The molecule has 37 heavy (non-hydrogen) atoms. The molecule has 0 aromatic heterocycles. The molecule has 1 N–H and O–H groups in total. The highest BCUT2D eigenvalue weighted by atomic mass is 16.5. The number of nitrogens with one attached hydrogen (secondary N) is 1. The minimum atomic E-state index is -0.506. The van der Waals surface area contributed by atoms with Gasteiger partial charge in [0.1, 0.15) is 5.75 Å². The summed E-state index contributed by atoms with van der Waals surface area (Å²) in [5.74, 6) is -0.308. The predicted molar refractivity (Wildman–Crippen MR) is 142 cm³/mol. The van der Waals surface area contributed by atoms with Gasteiger partial charge in [-0.3, -0.25) is 9.59 Å². The van der Waals surface area contributed by atoms with Crippen LogP contribution in [0.4, 0.5) is 0 Å². The molecule has 0 spiro atoms. The predicted octanol–water partition coefficient (Wildman–Crippen LogP) is 4.43. The Bertz CT molecular complexity index is 1180. The number of rotatable bonds is 9. The minimum Gasteiger partial charge on any atom is -0.484 e. The summed E-state index contributed by atoms with van der Waals surface area (Å²) >= 11 is 0. The zero-order chi connectivity index (χ0) is 26.2. The molecule has 0 unspecified atom stereocenters. The molecular formula is C30H34N2O5. The summed E-state index contributed by atoms with van der Waals surface area (Å²) in [6, 6.07) is 17.2. The van der Waals surface area contributed by atoms with Crippen LogP contribution >= 0.6 is 0 Å². The molecule has 7 nitrogen and oxygen atoms in total. The first-order valence-electron chi connectivity index (χ1n) is 12.9. The summed E-state index contributed by atoms with van der Waals surface area (Å²) in [4.78, 5) is 39.9. The second kappa shape index (κ2) is 12.4. The first-order valence-corrected chi connectivity index (χ1v) is 12.9. The van der Waals surface area contributed by atoms with E-state index in [1.54, 1.807) is 35.2 Å². The van der Waals surface area contributed by atoms with Crippen LogP contribution in [0, 0.1) is 0 Å². The van der Waals surface area contributed by atoms with E-state index in [2.05, 4.69) is 5.32 Å². The zero-order valence-electron chi connectivity index (χ0n) is 21.5. The van der Waals surface area contributed by atoms with Gasteiger partial charge in [-0.1, -0.05) is 61.7 Å². The Morgan fingerprint density at radius 3 is 2.41 bits per heavy atom. The number of allylic oxidation sites excluding steroid dienone is 1. The maximum atomic E-state index is 13.4. The summed E-state index contributed by atoms with van der Waals surface area (Å²) in [5, 5.41) is 2.86. The fourth-order valence-electron chi connectivity index (χ4n) is 4.99. The first-order chi connectivity index (χ1) is 18.0. The van der Waals surface area contributed by atoms with Gasteiger partial charge in [0, 0.05) is 18.3 Å². The van der Waals surface area contributed by atoms with Crippen LogP contribution < -0.4 is 10.1 Å². The van der Waals surface area contributed by atoms with Crippen molar-refractivity contribution in [3.63, 3.8) is 0 Å². The molecule has 7 heteroatoms. The highest BCUT2D eigenvalue weighted by molar-refractivity contribution is 6.16. The summed E-state index contributed by atoms with van der Waals surface area (Å²) in [6.07, 6.45) is 7.71. The third-order valence-electron chi connectivity index (χ3n) is 6.91. The average molecular weight is 503 g/mol. The van der Waals surface area contributed by atoms with E-state index < -0.39 is 5.97 Å². The topological polar surface area (TPSA) is 84.9 Å². The number of benzene rings is 2. The molecule has 2 aromatic carbocycles. The van der Waals surface area contributed by atoms with Gasteiger partial charge >= 0.3 is 5.97 Å². The van der Waals surface area contributed by atoms with Crippen molar-refractivity contribution in [3.05, 3.63) is 82.6 Å². The number of amides is 2. The summed E-state index contributed by atoms with van der Waals surface area (Å²) in [6.45, 7) is 2.28. The standard InChI is InChI=1S/C30H34N2O5/c1-21-28(30(35)36-2)26(29(34)32(21)24-11-7-4-8-12-24)19-23-13-15-25(16-14-23)37-20-27(33)31-18-17-22-9-5-3-6-10-22/h3,5-6,9-10,13-16,19,24H,4,7-8,11-12,17-18,20H2,1-2H3,(H,31,33)/b26-19-. The number of nitrogens with zero attached hydrogens (tertiary/aromatic N) is 1. The largest absolute Gasteiger partial charge is 0.484 e. The Labute approximate surface area is 218 Å². The van der Waals surface area contributed by atoms with Crippen molar-refractivity contribution in [1.82, 2.24) is 10.2 Å².